The van der Waals surface area contributed by atoms with Gasteiger partial charge in [0.05, 0.1) is 5.56 Å². The summed E-state index contributed by atoms with van der Waals surface area (Å²) < 4.78 is 6.00. The second-order valence-corrected chi connectivity index (χ2v) is 8.26. The average molecular weight is 397 g/mol. The van der Waals surface area contributed by atoms with Crippen molar-refractivity contribution in [2.45, 2.75) is 32.4 Å². The van der Waals surface area contributed by atoms with Crippen LogP contribution in [0, 0.1) is 0 Å². The number of H-pyrrole nitrogens is 1. The summed E-state index contributed by atoms with van der Waals surface area (Å²) in [5, 5.41) is 0.948. The lowest BCUT2D eigenvalue weighted by Crippen LogP contribution is -2.30. The Morgan fingerprint density at radius 1 is 1.03 bits per heavy atom. The molecule has 0 radical (unpaired) electrons. The van der Waals surface area contributed by atoms with E-state index in [1.807, 2.05) is 48.5 Å². The third-order valence-electron chi connectivity index (χ3n) is 6.01. The van der Waals surface area contributed by atoms with Crippen LogP contribution in [0.4, 0.5) is 0 Å². The smallest absolute Gasteiger partial charge is 0.195 e. The predicted octanol–water partition coefficient (Wildman–Crippen LogP) is 4.47. The van der Waals surface area contributed by atoms with Crippen LogP contribution in [0.5, 0.6) is 5.75 Å². The van der Waals surface area contributed by atoms with Gasteiger partial charge in [-0.2, -0.15) is 0 Å². The Labute approximate surface area is 174 Å². The van der Waals surface area contributed by atoms with Crippen LogP contribution < -0.4 is 10.5 Å². The molecule has 0 fully saturated rings. The van der Waals surface area contributed by atoms with Crippen LogP contribution in [0.15, 0.2) is 60.9 Å². The molecule has 5 nitrogen and oxygen atoms in total. The number of nitrogens with one attached hydrogen (secondary N) is 1. The second-order valence-electron chi connectivity index (χ2n) is 8.26. The molecular formula is C25H23N3O2. The van der Waals surface area contributed by atoms with Gasteiger partial charge in [-0.1, -0.05) is 26.0 Å². The van der Waals surface area contributed by atoms with E-state index in [4.69, 9.17) is 10.5 Å². The van der Waals surface area contributed by atoms with Gasteiger partial charge in [-0.3, -0.25) is 9.78 Å². The normalized spacial score (nSPS) is 14.4. The maximum absolute atomic E-state index is 13.4. The topological polar surface area (TPSA) is 81.0 Å². The number of ether oxygens (including phenoxy) is 1. The summed E-state index contributed by atoms with van der Waals surface area (Å²) in [7, 11) is 0. The fourth-order valence-corrected chi connectivity index (χ4v) is 4.32. The van der Waals surface area contributed by atoms with Crippen molar-refractivity contribution in [3.05, 3.63) is 94.4 Å². The number of fused-ring (bicyclic) bond motifs is 4. The van der Waals surface area contributed by atoms with Crippen LogP contribution in [0.25, 0.3) is 10.9 Å². The van der Waals surface area contributed by atoms with Gasteiger partial charge >= 0.3 is 0 Å². The van der Waals surface area contributed by atoms with Gasteiger partial charge in [0, 0.05) is 46.5 Å². The Hall–Kier alpha value is -3.44. The summed E-state index contributed by atoms with van der Waals surface area (Å²) in [5.74, 6) is 0.795. The maximum Gasteiger partial charge on any atom is 0.195 e. The minimum absolute atomic E-state index is 0.0479. The van der Waals surface area contributed by atoms with E-state index >= 15 is 0 Å². The highest BCUT2D eigenvalue weighted by Crippen LogP contribution is 2.44. The molecule has 0 atom stereocenters. The zero-order chi connectivity index (χ0) is 20.9. The lowest BCUT2D eigenvalue weighted by Gasteiger charge is -2.32. The number of aromatic amines is 1. The highest BCUT2D eigenvalue weighted by molar-refractivity contribution is 6.20. The zero-order valence-electron chi connectivity index (χ0n) is 17.0. The highest BCUT2D eigenvalue weighted by Gasteiger charge is 2.39. The largest absolute Gasteiger partial charge is 0.489 e. The Morgan fingerprint density at radius 2 is 1.83 bits per heavy atom. The molecule has 1 aliphatic rings. The first-order valence-corrected chi connectivity index (χ1v) is 10.0. The molecule has 3 N–H and O–H groups in total. The van der Waals surface area contributed by atoms with Gasteiger partial charge in [-0.05, 0) is 53.1 Å². The van der Waals surface area contributed by atoms with E-state index in [2.05, 4.69) is 23.8 Å². The standard InChI is InChI=1S/C25H23N3O2/c1-25(2)20-12-17(30-14-15-7-9-27-10-8-15)4-6-18(20)23(29)22-19-5-3-16(13-26)11-21(19)28-24(22)25/h3-12,28H,13-14,26H2,1-2H3. The van der Waals surface area contributed by atoms with Crippen molar-refractivity contribution < 1.29 is 9.53 Å². The second kappa shape index (κ2) is 6.82. The maximum atomic E-state index is 13.4. The fraction of sp³-hybridized carbons (Fsp3) is 0.200. The molecule has 0 unspecified atom stereocenters. The number of hydrogen-bond acceptors (Lipinski definition) is 4. The van der Waals surface area contributed by atoms with Crippen LogP contribution in [-0.2, 0) is 18.6 Å². The van der Waals surface area contributed by atoms with E-state index in [-0.39, 0.29) is 11.2 Å². The van der Waals surface area contributed by atoms with Crippen molar-refractivity contribution in [2.24, 2.45) is 5.73 Å². The predicted molar refractivity (Wildman–Crippen MR) is 117 cm³/mol. The summed E-state index contributed by atoms with van der Waals surface area (Å²) in [6.45, 7) is 5.20. The van der Waals surface area contributed by atoms with E-state index in [0.717, 1.165) is 50.2 Å². The third-order valence-corrected chi connectivity index (χ3v) is 6.01. The first-order valence-electron chi connectivity index (χ1n) is 10.0. The van der Waals surface area contributed by atoms with Gasteiger partial charge in [0.2, 0.25) is 0 Å². The van der Waals surface area contributed by atoms with Crippen LogP contribution in [0.1, 0.15) is 52.2 Å². The number of hydrogen-bond donors (Lipinski definition) is 2. The molecule has 0 bridgehead atoms. The van der Waals surface area contributed by atoms with Crippen molar-refractivity contribution in [1.29, 1.82) is 0 Å². The first kappa shape index (κ1) is 18.6. The monoisotopic (exact) mass is 397 g/mol. The van der Waals surface area contributed by atoms with Crippen LogP contribution in [-0.4, -0.2) is 15.8 Å². The number of carbonyl (C=O) groups is 1. The molecule has 2 aromatic heterocycles. The van der Waals surface area contributed by atoms with Crippen molar-refractivity contribution in [2.75, 3.05) is 0 Å². The fourth-order valence-electron chi connectivity index (χ4n) is 4.32. The zero-order valence-corrected chi connectivity index (χ0v) is 17.0. The molecular weight excluding hydrogens is 374 g/mol. The molecule has 150 valence electrons. The number of pyridine rings is 1. The summed E-state index contributed by atoms with van der Waals surface area (Å²) in [4.78, 5) is 21.0. The summed E-state index contributed by atoms with van der Waals surface area (Å²) in [5.41, 5.74) is 11.9. The number of ketones is 1. The molecule has 2 heterocycles. The molecule has 5 rings (SSSR count). The third kappa shape index (κ3) is 2.82. The van der Waals surface area contributed by atoms with E-state index in [9.17, 15) is 4.79 Å². The lowest BCUT2D eigenvalue weighted by molar-refractivity contribution is 0.103. The van der Waals surface area contributed by atoms with Crippen molar-refractivity contribution in [1.82, 2.24) is 9.97 Å². The van der Waals surface area contributed by atoms with Gasteiger partial charge in [-0.25, -0.2) is 0 Å². The van der Waals surface area contributed by atoms with Gasteiger partial charge in [-0.15, -0.1) is 0 Å². The number of carbonyl (C=O) groups excluding carboxylic acids is 1. The van der Waals surface area contributed by atoms with Crippen molar-refractivity contribution >= 4 is 16.7 Å². The minimum Gasteiger partial charge on any atom is -0.489 e. The Bertz CT molecular complexity index is 1270. The molecule has 1 aliphatic carbocycles. The minimum atomic E-state index is -0.365. The van der Waals surface area contributed by atoms with Gasteiger partial charge in [0.15, 0.2) is 5.78 Å². The molecule has 4 aromatic rings. The van der Waals surface area contributed by atoms with Crippen LogP contribution in [0.3, 0.4) is 0 Å². The van der Waals surface area contributed by atoms with Gasteiger partial charge in [0.25, 0.3) is 0 Å². The number of aromatic nitrogens is 2. The number of nitrogens with zero attached hydrogens (tertiary/aromatic N) is 1. The average Bonchev–Trinajstić information content (AvgIpc) is 3.17. The van der Waals surface area contributed by atoms with Gasteiger partial charge < -0.3 is 15.5 Å². The quantitative estimate of drug-likeness (QED) is 0.532. The summed E-state index contributed by atoms with van der Waals surface area (Å²) >= 11 is 0. The van der Waals surface area contributed by atoms with E-state index in [1.54, 1.807) is 12.4 Å². The molecule has 30 heavy (non-hydrogen) atoms. The van der Waals surface area contributed by atoms with Crippen LogP contribution in [0.2, 0.25) is 0 Å². The lowest BCUT2D eigenvalue weighted by atomic mass is 9.71. The molecule has 0 amide bonds. The Balaban J connectivity index is 1.57. The molecule has 5 heteroatoms. The number of rotatable bonds is 4. The van der Waals surface area contributed by atoms with E-state index in [0.29, 0.717) is 13.2 Å². The number of benzene rings is 2. The molecule has 0 saturated heterocycles. The summed E-state index contributed by atoms with van der Waals surface area (Å²) in [6.07, 6.45) is 3.50. The molecule has 0 aliphatic heterocycles. The first-order chi connectivity index (χ1) is 14.5. The molecule has 2 aromatic carbocycles. The highest BCUT2D eigenvalue weighted by atomic mass is 16.5. The SMILES string of the molecule is CC1(C)c2cc(OCc3ccncc3)ccc2C(=O)c2c1[nH]c1cc(CN)ccc21. The number of nitrogens with two attached hydrogens (primary N) is 1. The van der Waals surface area contributed by atoms with E-state index in [1.165, 1.54) is 0 Å². The Kier molecular flexibility index (Phi) is 4.22. The van der Waals surface area contributed by atoms with Gasteiger partial charge in [0.1, 0.15) is 12.4 Å². The van der Waals surface area contributed by atoms with E-state index < -0.39 is 0 Å². The molecule has 0 spiro atoms. The van der Waals surface area contributed by atoms with Crippen LogP contribution >= 0.6 is 0 Å². The molecule has 0 saturated carbocycles. The van der Waals surface area contributed by atoms with Crippen molar-refractivity contribution in [3.8, 4) is 5.75 Å². The summed E-state index contributed by atoms with van der Waals surface area (Å²) in [6, 6.07) is 15.6. The van der Waals surface area contributed by atoms with Crippen molar-refractivity contribution in [3.63, 3.8) is 0 Å². The Morgan fingerprint density at radius 3 is 2.60 bits per heavy atom.